The van der Waals surface area contributed by atoms with Crippen molar-refractivity contribution < 1.29 is 14.3 Å². The fourth-order valence-corrected chi connectivity index (χ4v) is 2.80. The zero-order chi connectivity index (χ0) is 17.6. The molecule has 1 heterocycles. The average molecular weight is 340 g/mol. The molecule has 0 fully saturated rings. The monoisotopic (exact) mass is 340 g/mol. The van der Waals surface area contributed by atoms with Gasteiger partial charge in [0.15, 0.2) is 0 Å². The lowest BCUT2D eigenvalue weighted by molar-refractivity contribution is 0.214. The number of urea groups is 1. The maximum absolute atomic E-state index is 12.1. The predicted octanol–water partition coefficient (Wildman–Crippen LogP) is 3.28. The van der Waals surface area contributed by atoms with Crippen LogP contribution in [0.15, 0.2) is 48.5 Å². The van der Waals surface area contributed by atoms with Crippen LogP contribution in [-0.4, -0.2) is 24.8 Å². The van der Waals surface area contributed by atoms with E-state index in [0.717, 1.165) is 29.0 Å². The van der Waals surface area contributed by atoms with Gasteiger partial charge in [-0.15, -0.1) is 0 Å². The van der Waals surface area contributed by atoms with Gasteiger partial charge in [0.2, 0.25) is 0 Å². The van der Waals surface area contributed by atoms with Crippen LogP contribution in [0.4, 0.5) is 4.79 Å². The Morgan fingerprint density at radius 3 is 2.72 bits per heavy atom. The summed E-state index contributed by atoms with van der Waals surface area (Å²) < 4.78 is 11.3. The van der Waals surface area contributed by atoms with E-state index in [2.05, 4.69) is 10.6 Å². The van der Waals surface area contributed by atoms with Gasteiger partial charge in [0.25, 0.3) is 0 Å². The van der Waals surface area contributed by atoms with Gasteiger partial charge in [-0.3, -0.25) is 0 Å². The summed E-state index contributed by atoms with van der Waals surface area (Å²) >= 11 is 0. The minimum absolute atomic E-state index is 0.0169. The fraction of sp³-hybridized carbons (Fsp3) is 0.350. The van der Waals surface area contributed by atoms with Gasteiger partial charge in [-0.1, -0.05) is 30.3 Å². The van der Waals surface area contributed by atoms with Gasteiger partial charge in [0.05, 0.1) is 12.1 Å². The molecule has 0 bridgehead atoms. The molecule has 0 unspecified atom stereocenters. The van der Waals surface area contributed by atoms with Crippen molar-refractivity contribution in [2.24, 2.45) is 0 Å². The molecule has 0 aliphatic carbocycles. The number of hydrogen-bond donors (Lipinski definition) is 2. The van der Waals surface area contributed by atoms with E-state index in [9.17, 15) is 4.79 Å². The van der Waals surface area contributed by atoms with E-state index in [0.29, 0.717) is 13.2 Å². The summed E-state index contributed by atoms with van der Waals surface area (Å²) in [6, 6.07) is 15.5. The molecular formula is C20H24N2O3. The van der Waals surface area contributed by atoms with E-state index < -0.39 is 0 Å². The smallest absolute Gasteiger partial charge is 0.315 e. The zero-order valence-electron chi connectivity index (χ0n) is 14.6. The third kappa shape index (κ3) is 4.89. The number of fused-ring (bicyclic) bond motifs is 1. The Bertz CT molecular complexity index is 713. The second-order valence-electron chi connectivity index (χ2n) is 6.46. The lowest BCUT2D eigenvalue weighted by Gasteiger charge is -2.26. The third-order valence-electron chi connectivity index (χ3n) is 3.96. The summed E-state index contributed by atoms with van der Waals surface area (Å²) in [5, 5.41) is 5.85. The molecule has 1 atom stereocenters. The molecule has 132 valence electrons. The molecule has 3 rings (SSSR count). The molecule has 1 aliphatic rings. The Hall–Kier alpha value is -2.69. The van der Waals surface area contributed by atoms with Crippen LogP contribution in [0, 0.1) is 0 Å². The molecule has 25 heavy (non-hydrogen) atoms. The summed E-state index contributed by atoms with van der Waals surface area (Å²) in [5.41, 5.74) is 2.15. The average Bonchev–Trinajstić information content (AvgIpc) is 2.60. The highest BCUT2D eigenvalue weighted by molar-refractivity contribution is 5.74. The molecule has 5 heteroatoms. The zero-order valence-corrected chi connectivity index (χ0v) is 14.6. The van der Waals surface area contributed by atoms with E-state index >= 15 is 0 Å². The predicted molar refractivity (Wildman–Crippen MR) is 97.0 cm³/mol. The van der Waals surface area contributed by atoms with Crippen molar-refractivity contribution >= 4 is 6.03 Å². The Morgan fingerprint density at radius 1 is 1.20 bits per heavy atom. The van der Waals surface area contributed by atoms with Crippen LogP contribution >= 0.6 is 0 Å². The van der Waals surface area contributed by atoms with Crippen molar-refractivity contribution in [2.75, 3.05) is 6.61 Å². The second-order valence-corrected chi connectivity index (χ2v) is 6.46. The van der Waals surface area contributed by atoms with Crippen LogP contribution < -0.4 is 20.1 Å². The van der Waals surface area contributed by atoms with E-state index in [4.69, 9.17) is 9.47 Å². The number of carbonyl (C=O) groups excluding carboxylic acids is 1. The maximum Gasteiger partial charge on any atom is 0.315 e. The Kier molecular flexibility index (Phi) is 5.43. The first-order chi connectivity index (χ1) is 12.1. The SMILES string of the molecule is CC(C)Oc1ccc(CNC(=O)N[C@@H]2COc3ccccc3C2)cc1. The van der Waals surface area contributed by atoms with Crippen molar-refractivity contribution in [2.45, 2.75) is 39.0 Å². The summed E-state index contributed by atoms with van der Waals surface area (Å²) in [5.74, 6) is 1.74. The Morgan fingerprint density at radius 2 is 1.96 bits per heavy atom. The first kappa shape index (κ1) is 17.1. The molecule has 0 saturated carbocycles. The van der Waals surface area contributed by atoms with Crippen molar-refractivity contribution in [1.29, 1.82) is 0 Å². The highest BCUT2D eigenvalue weighted by atomic mass is 16.5. The van der Waals surface area contributed by atoms with Crippen LogP contribution in [0.1, 0.15) is 25.0 Å². The number of ether oxygens (including phenoxy) is 2. The normalized spacial score (nSPS) is 15.9. The quantitative estimate of drug-likeness (QED) is 0.878. The van der Waals surface area contributed by atoms with E-state index in [1.165, 1.54) is 0 Å². The molecule has 2 amide bonds. The largest absolute Gasteiger partial charge is 0.491 e. The Labute approximate surface area is 148 Å². The maximum atomic E-state index is 12.1. The highest BCUT2D eigenvalue weighted by Gasteiger charge is 2.20. The van der Waals surface area contributed by atoms with Gasteiger partial charge in [0.1, 0.15) is 18.1 Å². The van der Waals surface area contributed by atoms with Crippen molar-refractivity contribution in [3.63, 3.8) is 0 Å². The summed E-state index contributed by atoms with van der Waals surface area (Å²) in [6.45, 7) is 4.95. The van der Waals surface area contributed by atoms with Crippen LogP contribution in [0.3, 0.4) is 0 Å². The topological polar surface area (TPSA) is 59.6 Å². The second kappa shape index (κ2) is 7.92. The number of para-hydroxylation sites is 1. The number of rotatable bonds is 5. The van der Waals surface area contributed by atoms with Gasteiger partial charge < -0.3 is 20.1 Å². The molecule has 0 aromatic heterocycles. The van der Waals surface area contributed by atoms with Gasteiger partial charge in [0, 0.05) is 6.54 Å². The van der Waals surface area contributed by atoms with Gasteiger partial charge in [-0.2, -0.15) is 0 Å². The summed E-state index contributed by atoms with van der Waals surface area (Å²) in [4.78, 5) is 12.1. The standard InChI is InChI=1S/C20H24N2O3/c1-14(2)25-18-9-7-15(8-10-18)12-21-20(23)22-17-11-16-5-3-4-6-19(16)24-13-17/h3-10,14,17H,11-13H2,1-2H3,(H2,21,22,23)/t17-/m0/s1. The van der Waals surface area contributed by atoms with Gasteiger partial charge >= 0.3 is 6.03 Å². The first-order valence-electron chi connectivity index (χ1n) is 8.61. The molecule has 0 radical (unpaired) electrons. The molecule has 2 aromatic rings. The number of nitrogens with one attached hydrogen (secondary N) is 2. The van der Waals surface area contributed by atoms with Crippen LogP contribution in [0.2, 0.25) is 0 Å². The van der Waals surface area contributed by atoms with Gasteiger partial charge in [-0.25, -0.2) is 4.79 Å². The minimum atomic E-state index is -0.185. The van der Waals surface area contributed by atoms with Gasteiger partial charge in [-0.05, 0) is 49.6 Å². The van der Waals surface area contributed by atoms with E-state index in [1.807, 2.05) is 62.4 Å². The third-order valence-corrected chi connectivity index (χ3v) is 3.96. The van der Waals surface area contributed by atoms with Crippen LogP contribution in [0.5, 0.6) is 11.5 Å². The minimum Gasteiger partial charge on any atom is -0.491 e. The molecule has 2 N–H and O–H groups in total. The molecule has 1 aliphatic heterocycles. The molecule has 0 saturated heterocycles. The fourth-order valence-electron chi connectivity index (χ4n) is 2.80. The van der Waals surface area contributed by atoms with Crippen molar-refractivity contribution in [3.8, 4) is 11.5 Å². The molecule has 5 nitrogen and oxygen atoms in total. The summed E-state index contributed by atoms with van der Waals surface area (Å²) in [6.07, 6.45) is 0.933. The number of hydrogen-bond acceptors (Lipinski definition) is 3. The molecular weight excluding hydrogens is 316 g/mol. The van der Waals surface area contributed by atoms with Crippen molar-refractivity contribution in [3.05, 3.63) is 59.7 Å². The number of carbonyl (C=O) groups is 1. The Balaban J connectivity index is 1.45. The van der Waals surface area contributed by atoms with E-state index in [-0.39, 0.29) is 18.2 Å². The van der Waals surface area contributed by atoms with Crippen LogP contribution in [-0.2, 0) is 13.0 Å². The highest BCUT2D eigenvalue weighted by Crippen LogP contribution is 2.23. The summed E-state index contributed by atoms with van der Waals surface area (Å²) in [7, 11) is 0. The van der Waals surface area contributed by atoms with Crippen LogP contribution in [0.25, 0.3) is 0 Å². The van der Waals surface area contributed by atoms with E-state index in [1.54, 1.807) is 0 Å². The molecule has 0 spiro atoms. The lowest BCUT2D eigenvalue weighted by atomic mass is 10.0. The first-order valence-corrected chi connectivity index (χ1v) is 8.61. The number of amides is 2. The van der Waals surface area contributed by atoms with Crippen molar-refractivity contribution in [1.82, 2.24) is 10.6 Å². The lowest BCUT2D eigenvalue weighted by Crippen LogP contribution is -2.47. The molecule has 2 aromatic carbocycles. The number of benzene rings is 2.